The normalized spacial score (nSPS) is 12.3. The molecule has 0 radical (unpaired) electrons. The predicted octanol–water partition coefficient (Wildman–Crippen LogP) is 8.82. The van der Waals surface area contributed by atoms with Gasteiger partial charge in [-0.15, -0.1) is 0 Å². The molecule has 0 bridgehead atoms. The first-order valence-electron chi connectivity index (χ1n) is 14.0. The van der Waals surface area contributed by atoms with Gasteiger partial charge < -0.3 is 8.98 Å². The molecule has 6 nitrogen and oxygen atoms in total. The van der Waals surface area contributed by atoms with Crippen molar-refractivity contribution in [1.82, 2.24) is 23.5 Å². The van der Waals surface area contributed by atoms with Crippen LogP contribution < -0.4 is 0 Å². The van der Waals surface area contributed by atoms with E-state index in [4.69, 9.17) is 14.4 Å². The van der Waals surface area contributed by atoms with E-state index in [1.807, 2.05) is 24.4 Å². The van der Waals surface area contributed by atoms with E-state index in [9.17, 15) is 0 Å². The van der Waals surface area contributed by atoms with Gasteiger partial charge in [-0.2, -0.15) is 0 Å². The summed E-state index contributed by atoms with van der Waals surface area (Å²) < 4.78 is 13.3. The lowest BCUT2D eigenvalue weighted by molar-refractivity contribution is 0.669. The zero-order chi connectivity index (χ0) is 27.4. The molecule has 6 heteroatoms. The van der Waals surface area contributed by atoms with Crippen LogP contribution in [0.2, 0.25) is 0 Å². The molecule has 0 saturated heterocycles. The maximum Gasteiger partial charge on any atom is 0.220 e. The largest absolute Gasteiger partial charge is 0.456 e. The second-order valence-corrected chi connectivity index (χ2v) is 10.7. The van der Waals surface area contributed by atoms with Crippen molar-refractivity contribution >= 4 is 71.7 Å². The lowest BCUT2D eigenvalue weighted by Crippen LogP contribution is -1.96. The van der Waals surface area contributed by atoms with Crippen LogP contribution >= 0.6 is 0 Å². The summed E-state index contributed by atoms with van der Waals surface area (Å²) in [6.07, 6.45) is 1.86. The molecule has 0 atom stereocenters. The van der Waals surface area contributed by atoms with Crippen molar-refractivity contribution in [3.05, 3.63) is 128 Å². The molecule has 42 heavy (non-hydrogen) atoms. The molecule has 0 saturated carbocycles. The summed E-state index contributed by atoms with van der Waals surface area (Å²) in [7, 11) is 0. The first-order valence-corrected chi connectivity index (χ1v) is 14.0. The summed E-state index contributed by atoms with van der Waals surface area (Å²) in [5.74, 6) is 0.879. The Labute approximate surface area is 238 Å². The van der Waals surface area contributed by atoms with E-state index in [0.29, 0.717) is 0 Å². The van der Waals surface area contributed by atoms with Gasteiger partial charge in [0, 0.05) is 22.7 Å². The van der Waals surface area contributed by atoms with Gasteiger partial charge in [-0.1, -0.05) is 48.5 Å². The van der Waals surface area contributed by atoms with Gasteiger partial charge in [0.1, 0.15) is 11.2 Å². The van der Waals surface area contributed by atoms with E-state index in [1.54, 1.807) is 0 Å². The Kier molecular flexibility index (Phi) is 4.10. The van der Waals surface area contributed by atoms with Crippen LogP contribution in [0, 0.1) is 0 Å². The summed E-state index contributed by atoms with van der Waals surface area (Å²) in [5, 5.41) is 3.25. The molecule has 0 spiro atoms. The van der Waals surface area contributed by atoms with Gasteiger partial charge in [0.05, 0.1) is 49.7 Å². The van der Waals surface area contributed by atoms with E-state index in [0.717, 1.165) is 83.1 Å². The maximum atomic E-state index is 6.46. The highest BCUT2D eigenvalue weighted by Crippen LogP contribution is 2.39. The minimum Gasteiger partial charge on any atom is -0.456 e. The Balaban J connectivity index is 1.33. The second-order valence-electron chi connectivity index (χ2n) is 10.7. The fraction of sp³-hybridized carbons (Fsp3) is 0. The van der Waals surface area contributed by atoms with E-state index >= 15 is 0 Å². The van der Waals surface area contributed by atoms with E-state index in [-0.39, 0.29) is 0 Å². The molecular formula is C36H21N5O. The van der Waals surface area contributed by atoms with Crippen LogP contribution in [0.25, 0.3) is 83.1 Å². The Bertz CT molecular complexity index is 2650. The summed E-state index contributed by atoms with van der Waals surface area (Å²) in [4.78, 5) is 9.84. The van der Waals surface area contributed by atoms with Crippen LogP contribution in [0.5, 0.6) is 0 Å². The van der Waals surface area contributed by atoms with Crippen molar-refractivity contribution in [2.45, 2.75) is 0 Å². The van der Waals surface area contributed by atoms with Crippen molar-refractivity contribution in [3.63, 3.8) is 0 Å². The third kappa shape index (κ3) is 2.73. The molecule has 0 aliphatic carbocycles. The second kappa shape index (κ2) is 7.86. The van der Waals surface area contributed by atoms with Crippen molar-refractivity contribution < 1.29 is 4.42 Å². The molecule has 0 aliphatic heterocycles. The standard InChI is InChI=1S/C36H21N5O/c1-3-11-26-23(9-1)35-31(16-8-20-37-35)39(26)22-18-19-32-24(21-22)34-30(15-7-17-33(34)42-32)41-29-14-6-5-13-28(29)40-27-12-4-2-10-25(27)38-36(40)41/h1-21H. The van der Waals surface area contributed by atoms with E-state index < -0.39 is 0 Å². The highest BCUT2D eigenvalue weighted by molar-refractivity contribution is 6.12. The number of hydrogen-bond donors (Lipinski definition) is 0. The average Bonchev–Trinajstić information content (AvgIpc) is 3.77. The average molecular weight is 540 g/mol. The molecule has 5 aromatic heterocycles. The summed E-state index contributed by atoms with van der Waals surface area (Å²) in [5.41, 5.74) is 11.3. The fourth-order valence-corrected chi connectivity index (χ4v) is 6.77. The van der Waals surface area contributed by atoms with Crippen molar-refractivity contribution in [1.29, 1.82) is 0 Å². The van der Waals surface area contributed by atoms with Gasteiger partial charge in [-0.25, -0.2) is 4.98 Å². The van der Waals surface area contributed by atoms with Crippen LogP contribution in [0.1, 0.15) is 0 Å². The molecule has 0 fully saturated rings. The number of nitrogens with zero attached hydrogens (tertiary/aromatic N) is 5. The maximum absolute atomic E-state index is 6.46. The van der Waals surface area contributed by atoms with Gasteiger partial charge in [0.15, 0.2) is 0 Å². The molecule has 10 aromatic rings. The highest BCUT2D eigenvalue weighted by Gasteiger charge is 2.21. The fourth-order valence-electron chi connectivity index (χ4n) is 6.77. The zero-order valence-corrected chi connectivity index (χ0v) is 22.3. The number of hydrogen-bond acceptors (Lipinski definition) is 3. The minimum absolute atomic E-state index is 0.843. The van der Waals surface area contributed by atoms with Crippen LogP contribution in [-0.4, -0.2) is 23.5 Å². The first kappa shape index (κ1) is 21.9. The number of imidazole rings is 2. The smallest absolute Gasteiger partial charge is 0.220 e. The molecule has 0 unspecified atom stereocenters. The summed E-state index contributed by atoms with van der Waals surface area (Å²) in [6, 6.07) is 42.1. The Morgan fingerprint density at radius 1 is 0.548 bits per heavy atom. The molecule has 196 valence electrons. The van der Waals surface area contributed by atoms with Crippen LogP contribution in [-0.2, 0) is 0 Å². The molecule has 5 aromatic carbocycles. The Hall–Kier alpha value is -5.88. The van der Waals surface area contributed by atoms with Gasteiger partial charge in [0.2, 0.25) is 5.78 Å². The Morgan fingerprint density at radius 2 is 1.33 bits per heavy atom. The SMILES string of the molecule is c1ccc2c(c1)nc1n(-c3cccc4oc5ccc(-n6c7ccccc7c7ncccc76)cc5c34)c3ccccc3n21. The monoisotopic (exact) mass is 539 g/mol. The molecule has 0 N–H and O–H groups in total. The summed E-state index contributed by atoms with van der Waals surface area (Å²) >= 11 is 0. The molecule has 0 amide bonds. The number of rotatable bonds is 2. The number of furan rings is 1. The molecular weight excluding hydrogens is 518 g/mol. The summed E-state index contributed by atoms with van der Waals surface area (Å²) in [6.45, 7) is 0. The van der Waals surface area contributed by atoms with Crippen LogP contribution in [0.3, 0.4) is 0 Å². The predicted molar refractivity (Wildman–Crippen MR) is 169 cm³/mol. The van der Waals surface area contributed by atoms with Crippen molar-refractivity contribution in [2.75, 3.05) is 0 Å². The Morgan fingerprint density at radius 3 is 2.26 bits per heavy atom. The van der Waals surface area contributed by atoms with Crippen LogP contribution in [0.15, 0.2) is 132 Å². The number of benzene rings is 5. The van der Waals surface area contributed by atoms with Gasteiger partial charge in [0.25, 0.3) is 0 Å². The lowest BCUT2D eigenvalue weighted by atomic mass is 10.1. The van der Waals surface area contributed by atoms with E-state index in [1.165, 1.54) is 0 Å². The molecule has 5 heterocycles. The quantitative estimate of drug-likeness (QED) is 0.221. The van der Waals surface area contributed by atoms with E-state index in [2.05, 4.69) is 117 Å². The lowest BCUT2D eigenvalue weighted by Gasteiger charge is -2.09. The third-order valence-electron chi connectivity index (χ3n) is 8.49. The van der Waals surface area contributed by atoms with Crippen LogP contribution in [0.4, 0.5) is 0 Å². The first-order chi connectivity index (χ1) is 20.8. The van der Waals surface area contributed by atoms with Crippen molar-refractivity contribution in [2.24, 2.45) is 0 Å². The number of fused-ring (bicyclic) bond motifs is 11. The molecule has 0 aliphatic rings. The number of aromatic nitrogens is 5. The zero-order valence-electron chi connectivity index (χ0n) is 22.3. The number of pyridine rings is 1. The van der Waals surface area contributed by atoms with Crippen molar-refractivity contribution in [3.8, 4) is 11.4 Å². The van der Waals surface area contributed by atoms with Gasteiger partial charge >= 0.3 is 0 Å². The number of para-hydroxylation sites is 5. The van der Waals surface area contributed by atoms with Gasteiger partial charge in [-0.05, 0) is 72.8 Å². The minimum atomic E-state index is 0.843. The third-order valence-corrected chi connectivity index (χ3v) is 8.49. The molecule has 10 rings (SSSR count). The van der Waals surface area contributed by atoms with Gasteiger partial charge in [-0.3, -0.25) is 14.0 Å². The highest BCUT2D eigenvalue weighted by atomic mass is 16.3. The topological polar surface area (TPSA) is 53.2 Å².